The van der Waals surface area contributed by atoms with Gasteiger partial charge in [-0.15, -0.1) is 0 Å². The van der Waals surface area contributed by atoms with Crippen molar-refractivity contribution in [2.75, 3.05) is 32.8 Å². The molecule has 0 spiro atoms. The topological polar surface area (TPSA) is 41.6 Å². The first-order valence-corrected chi connectivity index (χ1v) is 7.81. The molecule has 4 heteroatoms. The summed E-state index contributed by atoms with van der Waals surface area (Å²) in [7, 11) is 0. The van der Waals surface area contributed by atoms with Crippen molar-refractivity contribution in [2.45, 2.75) is 52.5 Å². The van der Waals surface area contributed by atoms with Crippen molar-refractivity contribution in [3.05, 3.63) is 0 Å². The summed E-state index contributed by atoms with van der Waals surface area (Å²) in [6, 6.07) is 0.575. The van der Waals surface area contributed by atoms with Crippen LogP contribution in [0.2, 0.25) is 0 Å². The lowest BCUT2D eigenvalue weighted by molar-refractivity contribution is -0.138. The highest BCUT2D eigenvalue weighted by Crippen LogP contribution is 2.20. The normalized spacial score (nSPS) is 23.6. The zero-order valence-electron chi connectivity index (χ0n) is 12.8. The van der Waals surface area contributed by atoms with Crippen LogP contribution in [0, 0.1) is 5.92 Å². The van der Waals surface area contributed by atoms with Gasteiger partial charge in [0, 0.05) is 25.7 Å². The van der Waals surface area contributed by atoms with Gasteiger partial charge in [-0.1, -0.05) is 27.2 Å². The van der Waals surface area contributed by atoms with Crippen molar-refractivity contribution < 1.29 is 9.53 Å². The average molecular weight is 270 g/mol. The van der Waals surface area contributed by atoms with Crippen molar-refractivity contribution in [3.63, 3.8) is 0 Å². The molecule has 4 nitrogen and oxygen atoms in total. The molecule has 0 aromatic carbocycles. The molecule has 1 saturated heterocycles. The molecule has 2 atom stereocenters. The number of likely N-dealkylation sites (tertiary alicyclic amines) is 1. The summed E-state index contributed by atoms with van der Waals surface area (Å²) >= 11 is 0. The second-order valence-corrected chi connectivity index (χ2v) is 5.41. The lowest BCUT2D eigenvalue weighted by atomic mass is 9.89. The molecule has 1 N–H and O–H groups in total. The van der Waals surface area contributed by atoms with Gasteiger partial charge >= 0.3 is 0 Å². The molecular formula is C15H30N2O2. The van der Waals surface area contributed by atoms with Gasteiger partial charge in [-0.3, -0.25) is 4.79 Å². The first-order chi connectivity index (χ1) is 9.22. The molecule has 1 heterocycles. The van der Waals surface area contributed by atoms with Crippen molar-refractivity contribution in [1.82, 2.24) is 10.2 Å². The maximum atomic E-state index is 12.0. The number of carbonyl (C=O) groups is 1. The Bertz CT molecular complexity index is 259. The van der Waals surface area contributed by atoms with E-state index >= 15 is 0 Å². The summed E-state index contributed by atoms with van der Waals surface area (Å²) in [6.07, 6.45) is 4.33. The predicted octanol–water partition coefficient (Wildman–Crippen LogP) is 2.04. The highest BCUT2D eigenvalue weighted by molar-refractivity contribution is 5.77. The molecule has 1 rings (SSSR count). The van der Waals surface area contributed by atoms with E-state index in [1.165, 1.54) is 6.42 Å². The maximum absolute atomic E-state index is 12.0. The molecule has 112 valence electrons. The van der Waals surface area contributed by atoms with E-state index in [1.807, 2.05) is 4.90 Å². The van der Waals surface area contributed by atoms with Gasteiger partial charge in [-0.25, -0.2) is 0 Å². The van der Waals surface area contributed by atoms with E-state index in [-0.39, 0.29) is 12.5 Å². The third-order valence-corrected chi connectivity index (χ3v) is 3.84. The summed E-state index contributed by atoms with van der Waals surface area (Å²) in [5.41, 5.74) is 0. The van der Waals surface area contributed by atoms with Gasteiger partial charge in [-0.05, 0) is 31.7 Å². The molecule has 0 saturated carbocycles. The molecule has 19 heavy (non-hydrogen) atoms. The first-order valence-electron chi connectivity index (χ1n) is 7.81. The van der Waals surface area contributed by atoms with Crippen LogP contribution in [0.3, 0.4) is 0 Å². The lowest BCUT2D eigenvalue weighted by Gasteiger charge is -2.38. The summed E-state index contributed by atoms with van der Waals surface area (Å²) in [5, 5.41) is 3.61. The van der Waals surface area contributed by atoms with E-state index in [2.05, 4.69) is 26.1 Å². The Labute approximate surface area is 117 Å². The van der Waals surface area contributed by atoms with Gasteiger partial charge in [-0.2, -0.15) is 0 Å². The van der Waals surface area contributed by atoms with Crippen LogP contribution in [-0.4, -0.2) is 49.7 Å². The van der Waals surface area contributed by atoms with Crippen LogP contribution in [-0.2, 0) is 9.53 Å². The fourth-order valence-electron chi connectivity index (χ4n) is 2.67. The molecule has 2 unspecified atom stereocenters. The van der Waals surface area contributed by atoms with Crippen LogP contribution in [0.1, 0.15) is 46.5 Å². The van der Waals surface area contributed by atoms with Gasteiger partial charge in [0.05, 0.1) is 0 Å². The van der Waals surface area contributed by atoms with Gasteiger partial charge in [0.1, 0.15) is 6.61 Å². The van der Waals surface area contributed by atoms with E-state index in [4.69, 9.17) is 4.74 Å². The number of rotatable bonds is 8. The number of carbonyl (C=O) groups excluding carboxylic acids is 1. The number of hydrogen-bond donors (Lipinski definition) is 1. The number of nitrogens with one attached hydrogen (secondary N) is 1. The van der Waals surface area contributed by atoms with E-state index in [1.54, 1.807) is 0 Å². The van der Waals surface area contributed by atoms with Crippen molar-refractivity contribution in [1.29, 1.82) is 0 Å². The quantitative estimate of drug-likeness (QED) is 0.686. The minimum Gasteiger partial charge on any atom is -0.372 e. The Kier molecular flexibility index (Phi) is 8.07. The molecule has 0 aromatic heterocycles. The van der Waals surface area contributed by atoms with Gasteiger partial charge in [0.15, 0.2) is 0 Å². The predicted molar refractivity (Wildman–Crippen MR) is 78.2 cm³/mol. The van der Waals surface area contributed by atoms with Crippen LogP contribution in [0.15, 0.2) is 0 Å². The van der Waals surface area contributed by atoms with Crippen molar-refractivity contribution >= 4 is 5.91 Å². The van der Waals surface area contributed by atoms with E-state index in [0.717, 1.165) is 38.9 Å². The Morgan fingerprint density at radius 2 is 2.11 bits per heavy atom. The van der Waals surface area contributed by atoms with E-state index in [0.29, 0.717) is 18.6 Å². The number of ether oxygens (including phenoxy) is 1. The van der Waals surface area contributed by atoms with Crippen LogP contribution in [0.4, 0.5) is 0 Å². The Balaban J connectivity index is 2.37. The minimum absolute atomic E-state index is 0.154. The minimum atomic E-state index is 0.154. The third kappa shape index (κ3) is 5.49. The zero-order valence-corrected chi connectivity index (χ0v) is 12.8. The number of nitrogens with zero attached hydrogens (tertiary/aromatic N) is 1. The van der Waals surface area contributed by atoms with Crippen molar-refractivity contribution in [2.24, 2.45) is 5.92 Å². The van der Waals surface area contributed by atoms with E-state index in [9.17, 15) is 4.79 Å². The number of hydrogen-bond acceptors (Lipinski definition) is 3. The molecule has 0 bridgehead atoms. The van der Waals surface area contributed by atoms with Crippen LogP contribution in [0.5, 0.6) is 0 Å². The average Bonchev–Trinajstić information content (AvgIpc) is 2.45. The highest BCUT2D eigenvalue weighted by atomic mass is 16.5. The summed E-state index contributed by atoms with van der Waals surface area (Å²) in [4.78, 5) is 14.0. The van der Waals surface area contributed by atoms with Gasteiger partial charge < -0.3 is 15.0 Å². The molecule has 1 aliphatic heterocycles. The van der Waals surface area contributed by atoms with Crippen LogP contribution >= 0.6 is 0 Å². The smallest absolute Gasteiger partial charge is 0.248 e. The van der Waals surface area contributed by atoms with E-state index < -0.39 is 0 Å². The largest absolute Gasteiger partial charge is 0.372 e. The van der Waals surface area contributed by atoms with Crippen LogP contribution in [0.25, 0.3) is 0 Å². The fourth-order valence-corrected chi connectivity index (χ4v) is 2.67. The summed E-state index contributed by atoms with van der Waals surface area (Å²) in [6.45, 7) is 10.2. The summed E-state index contributed by atoms with van der Waals surface area (Å²) in [5.74, 6) is 0.733. The summed E-state index contributed by atoms with van der Waals surface area (Å²) < 4.78 is 5.35. The van der Waals surface area contributed by atoms with Crippen LogP contribution < -0.4 is 5.32 Å². The molecule has 1 aliphatic rings. The molecule has 0 aromatic rings. The Morgan fingerprint density at radius 3 is 2.74 bits per heavy atom. The molecular weight excluding hydrogens is 240 g/mol. The Morgan fingerprint density at radius 1 is 1.32 bits per heavy atom. The maximum Gasteiger partial charge on any atom is 0.248 e. The fraction of sp³-hybridized carbons (Fsp3) is 0.933. The van der Waals surface area contributed by atoms with Gasteiger partial charge in [0.25, 0.3) is 0 Å². The number of piperidine rings is 1. The van der Waals surface area contributed by atoms with Gasteiger partial charge in [0.2, 0.25) is 5.91 Å². The standard InChI is InChI=1S/C15H30N2O2/c1-4-8-16-14-7-9-17(11-13(14)6-3)15(18)12-19-10-5-2/h13-14,16H,4-12H2,1-3H3. The lowest BCUT2D eigenvalue weighted by Crippen LogP contribution is -2.51. The Hall–Kier alpha value is -0.610. The molecule has 1 amide bonds. The number of amides is 1. The highest BCUT2D eigenvalue weighted by Gasteiger charge is 2.29. The monoisotopic (exact) mass is 270 g/mol. The second kappa shape index (κ2) is 9.32. The second-order valence-electron chi connectivity index (χ2n) is 5.41. The SMILES string of the molecule is CCCNC1CCN(C(=O)COCCC)CC1CC. The zero-order chi connectivity index (χ0) is 14.1. The first kappa shape index (κ1) is 16.4. The third-order valence-electron chi connectivity index (χ3n) is 3.84. The molecule has 0 aliphatic carbocycles. The van der Waals surface area contributed by atoms with Crippen molar-refractivity contribution in [3.8, 4) is 0 Å². The molecule has 1 fully saturated rings. The molecule has 0 radical (unpaired) electrons.